The van der Waals surface area contributed by atoms with Crippen LogP contribution in [0.5, 0.6) is 0 Å². The van der Waals surface area contributed by atoms with Crippen LogP contribution in [0.15, 0.2) is 35.0 Å². The molecular formula is C23H27N5O3. The first-order chi connectivity index (χ1) is 14.9. The van der Waals surface area contributed by atoms with Crippen molar-refractivity contribution < 1.29 is 14.1 Å². The number of hydrogen-bond donors (Lipinski definition) is 2. The second kappa shape index (κ2) is 8.75. The molecule has 1 aromatic carbocycles. The Bertz CT molecular complexity index is 1090. The highest BCUT2D eigenvalue weighted by molar-refractivity contribution is 5.95. The molecule has 2 aromatic heterocycles. The molecule has 2 amide bonds. The van der Waals surface area contributed by atoms with Crippen LogP contribution in [0.2, 0.25) is 0 Å². The third kappa shape index (κ3) is 4.52. The van der Waals surface area contributed by atoms with Gasteiger partial charge in [-0.05, 0) is 49.8 Å². The van der Waals surface area contributed by atoms with Gasteiger partial charge in [0.1, 0.15) is 5.76 Å². The Balaban J connectivity index is 1.43. The van der Waals surface area contributed by atoms with Gasteiger partial charge >= 0.3 is 0 Å². The van der Waals surface area contributed by atoms with E-state index in [1.807, 2.05) is 42.8 Å². The molecule has 1 atom stereocenters. The van der Waals surface area contributed by atoms with Gasteiger partial charge in [0.25, 0.3) is 5.91 Å². The Labute approximate surface area is 181 Å². The average molecular weight is 422 g/mol. The summed E-state index contributed by atoms with van der Waals surface area (Å²) in [5.41, 5.74) is 5.39. The summed E-state index contributed by atoms with van der Waals surface area (Å²) >= 11 is 0. The minimum atomic E-state index is -0.135. The SMILES string of the molecule is CC(=O)NCC1CCn2ncc(C(=O)NCc3cccc(-c4c(C)noc4C)c3)c2C1. The standard InChI is InChI=1S/C23H27N5O3/c1-14-22(15(2)31-27-14)19-6-4-5-17(9-19)12-25-23(30)20-13-26-28-8-7-18(10-21(20)28)11-24-16(3)29/h4-6,9,13,18H,7-8,10-12H2,1-3H3,(H,24,29)(H,25,30). The lowest BCUT2D eigenvalue weighted by Crippen LogP contribution is -2.33. The number of benzene rings is 1. The van der Waals surface area contributed by atoms with Crippen molar-refractivity contribution in [3.63, 3.8) is 0 Å². The molecule has 8 nitrogen and oxygen atoms in total. The van der Waals surface area contributed by atoms with Crippen LogP contribution in [0, 0.1) is 19.8 Å². The summed E-state index contributed by atoms with van der Waals surface area (Å²) in [7, 11) is 0. The second-order valence-electron chi connectivity index (χ2n) is 8.11. The van der Waals surface area contributed by atoms with Crippen molar-refractivity contribution in [1.82, 2.24) is 25.6 Å². The Morgan fingerprint density at radius 2 is 2.10 bits per heavy atom. The summed E-state index contributed by atoms with van der Waals surface area (Å²) in [6, 6.07) is 8.01. The van der Waals surface area contributed by atoms with Crippen LogP contribution in [0.3, 0.4) is 0 Å². The molecule has 31 heavy (non-hydrogen) atoms. The number of amides is 2. The van der Waals surface area contributed by atoms with Gasteiger partial charge in [0.05, 0.1) is 23.1 Å². The van der Waals surface area contributed by atoms with Gasteiger partial charge in [-0.1, -0.05) is 23.4 Å². The van der Waals surface area contributed by atoms with Crippen LogP contribution < -0.4 is 10.6 Å². The Morgan fingerprint density at radius 3 is 2.84 bits per heavy atom. The number of aryl methyl sites for hydroxylation is 3. The highest BCUT2D eigenvalue weighted by Gasteiger charge is 2.25. The third-order valence-electron chi connectivity index (χ3n) is 5.77. The Kier molecular flexibility index (Phi) is 5.88. The first-order valence-electron chi connectivity index (χ1n) is 10.5. The fraction of sp³-hybridized carbons (Fsp3) is 0.391. The zero-order chi connectivity index (χ0) is 22.0. The second-order valence-corrected chi connectivity index (χ2v) is 8.11. The van der Waals surface area contributed by atoms with Crippen molar-refractivity contribution in [2.75, 3.05) is 6.54 Å². The molecule has 2 N–H and O–H groups in total. The monoisotopic (exact) mass is 421 g/mol. The maximum absolute atomic E-state index is 12.9. The van der Waals surface area contributed by atoms with Crippen LogP contribution >= 0.6 is 0 Å². The highest BCUT2D eigenvalue weighted by Crippen LogP contribution is 2.27. The van der Waals surface area contributed by atoms with Crippen molar-refractivity contribution in [2.45, 2.75) is 46.7 Å². The highest BCUT2D eigenvalue weighted by atomic mass is 16.5. The topological polar surface area (TPSA) is 102 Å². The predicted octanol–water partition coefficient (Wildman–Crippen LogP) is 2.78. The zero-order valence-corrected chi connectivity index (χ0v) is 18.1. The van der Waals surface area contributed by atoms with Gasteiger partial charge in [-0.25, -0.2) is 0 Å². The normalized spacial score (nSPS) is 15.4. The van der Waals surface area contributed by atoms with Crippen molar-refractivity contribution >= 4 is 11.8 Å². The van der Waals surface area contributed by atoms with Crippen LogP contribution in [-0.2, 0) is 24.3 Å². The number of fused-ring (bicyclic) bond motifs is 1. The van der Waals surface area contributed by atoms with Gasteiger partial charge in [0.2, 0.25) is 5.91 Å². The van der Waals surface area contributed by atoms with Crippen molar-refractivity contribution in [3.8, 4) is 11.1 Å². The molecule has 3 aromatic rings. The lowest BCUT2D eigenvalue weighted by atomic mass is 9.94. The van der Waals surface area contributed by atoms with Gasteiger partial charge in [-0.15, -0.1) is 0 Å². The molecule has 0 spiro atoms. The molecule has 0 bridgehead atoms. The van der Waals surface area contributed by atoms with Gasteiger partial charge in [0, 0.05) is 32.1 Å². The van der Waals surface area contributed by atoms with E-state index >= 15 is 0 Å². The van der Waals surface area contributed by atoms with Gasteiger partial charge < -0.3 is 15.2 Å². The van der Waals surface area contributed by atoms with Gasteiger partial charge in [-0.2, -0.15) is 5.10 Å². The summed E-state index contributed by atoms with van der Waals surface area (Å²) in [4.78, 5) is 24.1. The minimum Gasteiger partial charge on any atom is -0.361 e. The Hall–Kier alpha value is -3.42. The average Bonchev–Trinajstić information content (AvgIpc) is 3.33. The smallest absolute Gasteiger partial charge is 0.255 e. The first kappa shape index (κ1) is 20.8. The quantitative estimate of drug-likeness (QED) is 0.637. The largest absolute Gasteiger partial charge is 0.361 e. The molecule has 4 rings (SSSR count). The van der Waals surface area contributed by atoms with Crippen molar-refractivity contribution in [1.29, 1.82) is 0 Å². The number of nitrogens with one attached hydrogen (secondary N) is 2. The zero-order valence-electron chi connectivity index (χ0n) is 18.1. The van der Waals surface area contributed by atoms with E-state index in [2.05, 4.69) is 20.9 Å². The number of nitrogens with zero attached hydrogens (tertiary/aromatic N) is 3. The molecule has 3 heterocycles. The molecule has 162 valence electrons. The summed E-state index contributed by atoms with van der Waals surface area (Å²) in [5, 5.41) is 14.3. The fourth-order valence-electron chi connectivity index (χ4n) is 4.16. The first-order valence-corrected chi connectivity index (χ1v) is 10.5. The molecule has 1 aliphatic rings. The van der Waals surface area contributed by atoms with E-state index < -0.39 is 0 Å². The van der Waals surface area contributed by atoms with Crippen LogP contribution in [0.1, 0.15) is 46.4 Å². The summed E-state index contributed by atoms with van der Waals surface area (Å²) in [5.74, 6) is 0.922. The summed E-state index contributed by atoms with van der Waals surface area (Å²) in [6.45, 7) is 7.12. The van der Waals surface area contributed by atoms with Gasteiger partial charge in [0.15, 0.2) is 0 Å². The lowest BCUT2D eigenvalue weighted by molar-refractivity contribution is -0.119. The molecule has 1 unspecified atom stereocenters. The van der Waals surface area contributed by atoms with Crippen molar-refractivity contribution in [2.24, 2.45) is 5.92 Å². The van der Waals surface area contributed by atoms with Crippen molar-refractivity contribution in [3.05, 3.63) is 58.7 Å². The fourth-order valence-corrected chi connectivity index (χ4v) is 4.16. The van der Waals surface area contributed by atoms with Crippen LogP contribution in [0.25, 0.3) is 11.1 Å². The lowest BCUT2D eigenvalue weighted by Gasteiger charge is -2.24. The maximum atomic E-state index is 12.9. The number of carbonyl (C=O) groups excluding carboxylic acids is 2. The van der Waals surface area contributed by atoms with E-state index in [0.29, 0.717) is 24.6 Å². The van der Waals surface area contributed by atoms with E-state index in [1.54, 1.807) is 6.20 Å². The molecule has 0 radical (unpaired) electrons. The van der Waals surface area contributed by atoms with E-state index in [9.17, 15) is 9.59 Å². The van der Waals surface area contributed by atoms with Crippen LogP contribution in [-0.4, -0.2) is 33.3 Å². The molecule has 1 aliphatic heterocycles. The molecule has 8 heteroatoms. The third-order valence-corrected chi connectivity index (χ3v) is 5.77. The number of carbonyl (C=O) groups is 2. The van der Waals surface area contributed by atoms with Crippen LogP contribution in [0.4, 0.5) is 0 Å². The molecule has 0 fully saturated rings. The number of aromatic nitrogens is 3. The Morgan fingerprint density at radius 1 is 1.26 bits per heavy atom. The predicted molar refractivity (Wildman–Crippen MR) is 115 cm³/mol. The molecule has 0 saturated heterocycles. The molecule has 0 saturated carbocycles. The van der Waals surface area contributed by atoms with E-state index in [1.165, 1.54) is 6.92 Å². The summed E-state index contributed by atoms with van der Waals surface area (Å²) in [6.07, 6.45) is 3.31. The molecule has 0 aliphatic carbocycles. The van der Waals surface area contributed by atoms with E-state index in [0.717, 1.165) is 53.2 Å². The minimum absolute atomic E-state index is 0.0316. The number of rotatable bonds is 6. The number of hydrogen-bond acceptors (Lipinski definition) is 5. The maximum Gasteiger partial charge on any atom is 0.255 e. The summed E-state index contributed by atoms with van der Waals surface area (Å²) < 4.78 is 7.18. The molecular weight excluding hydrogens is 394 g/mol. The van der Waals surface area contributed by atoms with E-state index in [4.69, 9.17) is 4.52 Å². The van der Waals surface area contributed by atoms with E-state index in [-0.39, 0.29) is 11.8 Å². The van der Waals surface area contributed by atoms with Gasteiger partial charge in [-0.3, -0.25) is 14.3 Å².